The van der Waals surface area contributed by atoms with E-state index >= 15 is 0 Å². The van der Waals surface area contributed by atoms with Crippen LogP contribution in [0.2, 0.25) is 0 Å². The molecule has 1 aliphatic carbocycles. The highest BCUT2D eigenvalue weighted by molar-refractivity contribution is 7.99. The lowest BCUT2D eigenvalue weighted by atomic mass is 9.95. The molecule has 20 heavy (non-hydrogen) atoms. The maximum Gasteiger partial charge on any atom is 0.178 e. The van der Waals surface area contributed by atoms with Gasteiger partial charge in [-0.2, -0.15) is 16.3 Å². The minimum atomic E-state index is 0.537. The summed E-state index contributed by atoms with van der Waals surface area (Å²) in [5.41, 5.74) is 0.802. The molecule has 1 fully saturated rings. The Balaban J connectivity index is 1.70. The van der Waals surface area contributed by atoms with Crippen LogP contribution in [0.25, 0.3) is 5.65 Å². The molecule has 0 unspecified atom stereocenters. The molecule has 2 aromatic heterocycles. The Morgan fingerprint density at radius 2 is 2.25 bits per heavy atom. The van der Waals surface area contributed by atoms with E-state index in [1.807, 2.05) is 19.1 Å². The Hall–Kier alpha value is -1.30. The summed E-state index contributed by atoms with van der Waals surface area (Å²) in [6, 6.07) is 4.51. The fraction of sp³-hybridized carbons (Fsp3) is 0.643. The largest absolute Gasteiger partial charge is 0.366 e. The topological polar surface area (TPSA) is 55.1 Å². The summed E-state index contributed by atoms with van der Waals surface area (Å²) < 4.78 is 1.80. The second-order valence-electron chi connectivity index (χ2n) is 5.32. The van der Waals surface area contributed by atoms with Gasteiger partial charge in [-0.15, -0.1) is 15.3 Å². The maximum atomic E-state index is 4.57. The van der Waals surface area contributed by atoms with Gasteiger partial charge in [-0.05, 0) is 44.1 Å². The molecule has 0 spiro atoms. The van der Waals surface area contributed by atoms with Crippen molar-refractivity contribution in [2.24, 2.45) is 0 Å². The van der Waals surface area contributed by atoms with Gasteiger partial charge in [-0.25, -0.2) is 0 Å². The molecule has 0 bridgehead atoms. The number of nitrogens with one attached hydrogen (secondary N) is 1. The van der Waals surface area contributed by atoms with Gasteiger partial charge in [0, 0.05) is 11.3 Å². The summed E-state index contributed by atoms with van der Waals surface area (Å²) in [6.45, 7) is 4.16. The Bertz CT molecular complexity index is 580. The number of hydrogen-bond acceptors (Lipinski definition) is 5. The zero-order chi connectivity index (χ0) is 13.9. The van der Waals surface area contributed by atoms with Crippen molar-refractivity contribution < 1.29 is 0 Å². The van der Waals surface area contributed by atoms with Crippen molar-refractivity contribution in [1.82, 2.24) is 19.8 Å². The molecule has 3 rings (SSSR count). The summed E-state index contributed by atoms with van der Waals surface area (Å²) >= 11 is 2.09. The zero-order valence-electron chi connectivity index (χ0n) is 12.0. The molecule has 1 aliphatic rings. The highest BCUT2D eigenvalue weighted by Crippen LogP contribution is 2.29. The fourth-order valence-corrected chi connectivity index (χ4v) is 4.02. The highest BCUT2D eigenvalue weighted by Gasteiger charge is 2.22. The van der Waals surface area contributed by atoms with Crippen molar-refractivity contribution in [3.8, 4) is 0 Å². The number of nitrogens with zero attached hydrogens (tertiary/aromatic N) is 4. The van der Waals surface area contributed by atoms with Crippen molar-refractivity contribution in [3.63, 3.8) is 0 Å². The van der Waals surface area contributed by atoms with E-state index in [1.54, 1.807) is 4.52 Å². The maximum absolute atomic E-state index is 4.57. The van der Waals surface area contributed by atoms with Crippen molar-refractivity contribution in [3.05, 3.63) is 18.0 Å². The van der Waals surface area contributed by atoms with Crippen LogP contribution in [0.15, 0.2) is 12.1 Å². The average molecular weight is 291 g/mol. The van der Waals surface area contributed by atoms with Crippen molar-refractivity contribution in [1.29, 1.82) is 0 Å². The van der Waals surface area contributed by atoms with Crippen LogP contribution in [0.4, 0.5) is 5.82 Å². The lowest BCUT2D eigenvalue weighted by Gasteiger charge is -2.29. The predicted molar refractivity (Wildman–Crippen MR) is 83.3 cm³/mol. The molecule has 1 saturated carbocycles. The highest BCUT2D eigenvalue weighted by atomic mass is 32.2. The summed E-state index contributed by atoms with van der Waals surface area (Å²) in [5, 5.41) is 17.1. The Morgan fingerprint density at radius 1 is 1.35 bits per heavy atom. The molecule has 5 nitrogen and oxygen atoms in total. The molecule has 2 atom stereocenters. The minimum Gasteiger partial charge on any atom is -0.366 e. The number of rotatable bonds is 4. The molecule has 1 N–H and O–H groups in total. The van der Waals surface area contributed by atoms with Gasteiger partial charge in [-0.1, -0.05) is 13.3 Å². The van der Waals surface area contributed by atoms with E-state index in [1.165, 1.54) is 31.4 Å². The minimum absolute atomic E-state index is 0.537. The zero-order valence-corrected chi connectivity index (χ0v) is 12.9. The van der Waals surface area contributed by atoms with E-state index in [4.69, 9.17) is 0 Å². The van der Waals surface area contributed by atoms with Crippen LogP contribution in [0.5, 0.6) is 0 Å². The molecule has 0 radical (unpaired) electrons. The van der Waals surface area contributed by atoms with Crippen LogP contribution in [-0.2, 0) is 0 Å². The van der Waals surface area contributed by atoms with Gasteiger partial charge in [0.25, 0.3) is 0 Å². The van der Waals surface area contributed by atoms with Gasteiger partial charge in [0.15, 0.2) is 11.5 Å². The van der Waals surface area contributed by atoms with Gasteiger partial charge >= 0.3 is 0 Å². The SMILES string of the molecule is CCS[C@@H]1CCC[C@H](Nc2ccc3nnc(C)n3n2)C1. The number of thioether (sulfide) groups is 1. The number of aryl methyl sites for hydroxylation is 1. The molecule has 0 saturated heterocycles. The number of aromatic nitrogens is 4. The first-order valence-corrected chi connectivity index (χ1v) is 8.38. The summed E-state index contributed by atoms with van der Waals surface area (Å²) in [4.78, 5) is 0. The molecule has 2 heterocycles. The molecule has 2 aromatic rings. The molecule has 108 valence electrons. The average Bonchev–Trinajstić information content (AvgIpc) is 2.81. The van der Waals surface area contributed by atoms with Crippen molar-refractivity contribution in [2.45, 2.75) is 50.8 Å². The first-order chi connectivity index (χ1) is 9.76. The van der Waals surface area contributed by atoms with Gasteiger partial charge in [0.1, 0.15) is 5.82 Å². The van der Waals surface area contributed by atoms with Crippen LogP contribution in [-0.4, -0.2) is 36.9 Å². The number of hydrogen-bond donors (Lipinski definition) is 1. The Kier molecular flexibility index (Phi) is 4.10. The molecule has 0 aromatic carbocycles. The van der Waals surface area contributed by atoms with Gasteiger partial charge in [-0.3, -0.25) is 0 Å². The fourth-order valence-electron chi connectivity index (χ4n) is 2.85. The first kappa shape index (κ1) is 13.7. The quantitative estimate of drug-likeness (QED) is 0.938. The molecular formula is C14H21N5S. The van der Waals surface area contributed by atoms with Crippen molar-refractivity contribution >= 4 is 23.2 Å². The van der Waals surface area contributed by atoms with Crippen LogP contribution in [0.3, 0.4) is 0 Å². The number of fused-ring (bicyclic) bond motifs is 1. The van der Waals surface area contributed by atoms with Gasteiger partial charge < -0.3 is 5.32 Å². The summed E-state index contributed by atoms with van der Waals surface area (Å²) in [6.07, 6.45) is 5.14. The Labute approximate surface area is 123 Å². The summed E-state index contributed by atoms with van der Waals surface area (Å²) in [5.74, 6) is 2.96. The summed E-state index contributed by atoms with van der Waals surface area (Å²) in [7, 11) is 0. The van der Waals surface area contributed by atoms with Crippen LogP contribution in [0.1, 0.15) is 38.4 Å². The predicted octanol–water partition coefficient (Wildman–Crippen LogP) is 2.91. The third-order valence-corrected chi connectivity index (χ3v) is 5.03. The normalized spacial score (nSPS) is 23.1. The smallest absolute Gasteiger partial charge is 0.178 e. The van der Waals surface area contributed by atoms with Crippen LogP contribution in [0, 0.1) is 6.92 Å². The molecule has 0 amide bonds. The number of anilines is 1. The van der Waals surface area contributed by atoms with E-state index in [-0.39, 0.29) is 0 Å². The van der Waals surface area contributed by atoms with Gasteiger partial charge in [0.05, 0.1) is 0 Å². The van der Waals surface area contributed by atoms with E-state index in [9.17, 15) is 0 Å². The second-order valence-corrected chi connectivity index (χ2v) is 6.90. The van der Waals surface area contributed by atoms with E-state index in [0.717, 1.165) is 22.5 Å². The monoisotopic (exact) mass is 291 g/mol. The van der Waals surface area contributed by atoms with Crippen LogP contribution < -0.4 is 5.32 Å². The molecule has 0 aliphatic heterocycles. The third-order valence-electron chi connectivity index (χ3n) is 3.80. The Morgan fingerprint density at radius 3 is 3.10 bits per heavy atom. The first-order valence-electron chi connectivity index (χ1n) is 7.33. The lowest BCUT2D eigenvalue weighted by molar-refractivity contribution is 0.472. The van der Waals surface area contributed by atoms with E-state index in [0.29, 0.717) is 6.04 Å². The lowest BCUT2D eigenvalue weighted by Crippen LogP contribution is -2.29. The van der Waals surface area contributed by atoms with Gasteiger partial charge in [0.2, 0.25) is 0 Å². The van der Waals surface area contributed by atoms with E-state index in [2.05, 4.69) is 39.3 Å². The van der Waals surface area contributed by atoms with E-state index < -0.39 is 0 Å². The molecular weight excluding hydrogens is 270 g/mol. The third kappa shape index (κ3) is 2.90. The van der Waals surface area contributed by atoms with Crippen LogP contribution >= 0.6 is 11.8 Å². The standard InChI is InChI=1S/C14H21N5S/c1-3-20-12-6-4-5-11(9-12)15-13-7-8-14-17-16-10(2)19(14)18-13/h7-8,11-12H,3-6,9H2,1-2H3,(H,15,18)/t11-,12+/m0/s1. The molecule has 6 heteroatoms. The second kappa shape index (κ2) is 5.99. The van der Waals surface area contributed by atoms with Crippen molar-refractivity contribution in [2.75, 3.05) is 11.1 Å².